The molecule has 12 heteroatoms. The van der Waals surface area contributed by atoms with Crippen LogP contribution in [0.1, 0.15) is 22.3 Å². The van der Waals surface area contributed by atoms with Gasteiger partial charge in [-0.25, -0.2) is 16.8 Å². The minimum atomic E-state index is -3.80. The van der Waals surface area contributed by atoms with Crippen LogP contribution in [0.5, 0.6) is 0 Å². The molecule has 5 rings (SSSR count). The van der Waals surface area contributed by atoms with Gasteiger partial charge in [0.15, 0.2) is 9.84 Å². The molecule has 1 amide bonds. The summed E-state index contributed by atoms with van der Waals surface area (Å²) in [7, 11) is -7.22. The van der Waals surface area contributed by atoms with Gasteiger partial charge >= 0.3 is 6.01 Å². The topological polar surface area (TPSA) is 140 Å². The second-order valence-corrected chi connectivity index (χ2v) is 12.4. The van der Waals surface area contributed by atoms with Gasteiger partial charge in [0.2, 0.25) is 5.89 Å². The molecule has 0 fully saturated rings. The van der Waals surface area contributed by atoms with Crippen LogP contribution in [-0.2, 0) is 26.3 Å². The van der Waals surface area contributed by atoms with Crippen molar-refractivity contribution >= 4 is 37.5 Å². The summed E-state index contributed by atoms with van der Waals surface area (Å²) in [5.74, 6) is -0.545. The molecule has 0 radical (unpaired) electrons. The number of carbonyl (C=O) groups is 1. The number of aromatic nitrogens is 2. The average Bonchev–Trinajstić information content (AvgIpc) is 3.36. The molecule has 4 aromatic rings. The second-order valence-electron chi connectivity index (χ2n) is 8.50. The van der Waals surface area contributed by atoms with Crippen molar-refractivity contribution in [3.05, 3.63) is 83.9 Å². The fraction of sp³-hybridized carbons (Fsp3) is 0.160. The van der Waals surface area contributed by atoms with Crippen LogP contribution < -0.4 is 9.62 Å². The fourth-order valence-electron chi connectivity index (χ4n) is 4.07. The minimum Gasteiger partial charge on any atom is -0.403 e. The highest BCUT2D eigenvalue weighted by atomic mass is 32.2. The summed E-state index contributed by atoms with van der Waals surface area (Å²) in [6.45, 7) is 0.383. The van der Waals surface area contributed by atoms with Crippen molar-refractivity contribution in [1.29, 1.82) is 0 Å². The first-order valence-corrected chi connectivity index (χ1v) is 14.6. The lowest BCUT2D eigenvalue weighted by Gasteiger charge is -2.30. The molecule has 0 aliphatic carbocycles. The molecule has 0 bridgehead atoms. The number of nitrogens with one attached hydrogen (secondary N) is 1. The Morgan fingerprint density at radius 2 is 1.68 bits per heavy atom. The maximum Gasteiger partial charge on any atom is 0.322 e. The number of hydrogen-bond donors (Lipinski definition) is 1. The third-order valence-electron chi connectivity index (χ3n) is 5.93. The smallest absolute Gasteiger partial charge is 0.322 e. The van der Waals surface area contributed by atoms with Crippen LogP contribution >= 0.6 is 0 Å². The molecule has 37 heavy (non-hydrogen) atoms. The van der Waals surface area contributed by atoms with E-state index >= 15 is 0 Å². The number of aryl methyl sites for hydroxylation is 1. The molecule has 1 aliphatic rings. The maximum absolute atomic E-state index is 13.3. The highest BCUT2D eigenvalue weighted by molar-refractivity contribution is 7.92. The molecule has 3 aromatic carbocycles. The van der Waals surface area contributed by atoms with E-state index in [-0.39, 0.29) is 27.3 Å². The SMILES string of the molecule is CS(=O)(=O)c1cccc(-c2nnc(NC(=O)c3ccc(S(=O)(=O)N4CCCc5ccccc54)cc3)o2)c1. The van der Waals surface area contributed by atoms with E-state index in [0.29, 0.717) is 17.8 Å². The monoisotopic (exact) mass is 538 g/mol. The molecule has 1 N–H and O–H groups in total. The first-order valence-electron chi connectivity index (χ1n) is 11.3. The number of carbonyl (C=O) groups excluding carboxylic acids is 1. The number of fused-ring (bicyclic) bond motifs is 1. The molecule has 10 nitrogen and oxygen atoms in total. The molecule has 0 atom stereocenters. The number of amides is 1. The normalized spacial score (nSPS) is 13.7. The van der Waals surface area contributed by atoms with E-state index in [4.69, 9.17) is 4.42 Å². The Morgan fingerprint density at radius 3 is 2.43 bits per heavy atom. The van der Waals surface area contributed by atoms with Crippen LogP contribution in [0.3, 0.4) is 0 Å². The van der Waals surface area contributed by atoms with E-state index in [1.807, 2.05) is 18.2 Å². The zero-order valence-corrected chi connectivity index (χ0v) is 21.3. The molecule has 1 aromatic heterocycles. The molecule has 1 aliphatic heterocycles. The quantitative estimate of drug-likeness (QED) is 0.393. The number of nitrogens with zero attached hydrogens (tertiary/aromatic N) is 3. The number of sulfone groups is 1. The number of benzene rings is 3. The van der Waals surface area contributed by atoms with Crippen LogP contribution in [0, 0.1) is 0 Å². The Kier molecular flexibility index (Phi) is 6.30. The van der Waals surface area contributed by atoms with Gasteiger partial charge in [-0.15, -0.1) is 5.10 Å². The molecular weight excluding hydrogens is 516 g/mol. The summed E-state index contributed by atoms with van der Waals surface area (Å²) in [6, 6.07) is 18.8. The second kappa shape index (κ2) is 9.45. The number of sulfonamides is 1. The summed E-state index contributed by atoms with van der Waals surface area (Å²) in [4.78, 5) is 12.9. The lowest BCUT2D eigenvalue weighted by atomic mass is 10.0. The van der Waals surface area contributed by atoms with Gasteiger partial charge in [-0.1, -0.05) is 29.4 Å². The predicted octanol–water partition coefficient (Wildman–Crippen LogP) is 3.53. The highest BCUT2D eigenvalue weighted by Crippen LogP contribution is 2.32. The molecular formula is C25H22N4O6S2. The van der Waals surface area contributed by atoms with Gasteiger partial charge in [-0.05, 0) is 66.9 Å². The first kappa shape index (κ1) is 24.7. The third kappa shape index (κ3) is 4.98. The van der Waals surface area contributed by atoms with E-state index in [2.05, 4.69) is 15.5 Å². The standard InChI is InChI=1S/C25H22N4O6S2/c1-36(31,32)21-9-4-7-19(16-21)24-27-28-25(35-24)26-23(30)18-11-13-20(14-12-18)37(33,34)29-15-5-8-17-6-2-3-10-22(17)29/h2-4,6-7,9-14,16H,5,8,15H2,1H3,(H,26,28,30). The molecule has 190 valence electrons. The maximum atomic E-state index is 13.3. The summed E-state index contributed by atoms with van der Waals surface area (Å²) < 4.78 is 57.1. The number of rotatable bonds is 6. The molecule has 0 saturated heterocycles. The largest absolute Gasteiger partial charge is 0.403 e. The number of para-hydroxylation sites is 1. The Morgan fingerprint density at radius 1 is 0.919 bits per heavy atom. The summed E-state index contributed by atoms with van der Waals surface area (Å²) in [5.41, 5.74) is 2.22. The van der Waals surface area contributed by atoms with Crippen molar-refractivity contribution in [3.8, 4) is 11.5 Å². The predicted molar refractivity (Wildman–Crippen MR) is 137 cm³/mol. The van der Waals surface area contributed by atoms with Gasteiger partial charge in [-0.2, -0.15) is 0 Å². The summed E-state index contributed by atoms with van der Waals surface area (Å²) in [5, 5.41) is 10.1. The minimum absolute atomic E-state index is 0.0315. The van der Waals surface area contributed by atoms with Crippen molar-refractivity contribution < 1.29 is 26.0 Å². The average molecular weight is 539 g/mol. The lowest BCUT2D eigenvalue weighted by molar-refractivity contribution is 0.102. The Balaban J connectivity index is 1.32. The van der Waals surface area contributed by atoms with Crippen molar-refractivity contribution in [2.45, 2.75) is 22.6 Å². The Bertz CT molecular complexity index is 1700. The van der Waals surface area contributed by atoms with Crippen molar-refractivity contribution in [1.82, 2.24) is 10.2 Å². The molecule has 0 unspecified atom stereocenters. The van der Waals surface area contributed by atoms with Crippen LogP contribution in [0.25, 0.3) is 11.5 Å². The van der Waals surface area contributed by atoms with Crippen LogP contribution in [-0.4, -0.2) is 45.7 Å². The Labute approximate surface area is 213 Å². The lowest BCUT2D eigenvalue weighted by Crippen LogP contribution is -2.35. The number of anilines is 2. The van der Waals surface area contributed by atoms with Crippen LogP contribution in [0.15, 0.2) is 87.0 Å². The summed E-state index contributed by atoms with van der Waals surface area (Å²) in [6.07, 6.45) is 2.64. The Hall–Kier alpha value is -4.03. The molecule has 0 spiro atoms. The van der Waals surface area contributed by atoms with Gasteiger partial charge in [0.25, 0.3) is 15.9 Å². The van der Waals surface area contributed by atoms with Crippen molar-refractivity contribution in [2.24, 2.45) is 0 Å². The van der Waals surface area contributed by atoms with Gasteiger partial charge in [0, 0.05) is 23.9 Å². The zero-order valence-electron chi connectivity index (χ0n) is 19.7. The fourth-order valence-corrected chi connectivity index (χ4v) is 6.28. The highest BCUT2D eigenvalue weighted by Gasteiger charge is 2.29. The van der Waals surface area contributed by atoms with Crippen LogP contribution in [0.2, 0.25) is 0 Å². The number of hydrogen-bond acceptors (Lipinski definition) is 8. The van der Waals surface area contributed by atoms with Gasteiger partial charge < -0.3 is 4.42 Å². The van der Waals surface area contributed by atoms with Gasteiger partial charge in [0.05, 0.1) is 15.5 Å². The van der Waals surface area contributed by atoms with Gasteiger partial charge in [-0.3, -0.25) is 14.4 Å². The third-order valence-corrected chi connectivity index (χ3v) is 8.86. The van der Waals surface area contributed by atoms with E-state index in [1.165, 1.54) is 40.7 Å². The zero-order chi connectivity index (χ0) is 26.2. The molecule has 0 saturated carbocycles. The summed E-state index contributed by atoms with van der Waals surface area (Å²) >= 11 is 0. The van der Waals surface area contributed by atoms with Gasteiger partial charge in [0.1, 0.15) is 0 Å². The van der Waals surface area contributed by atoms with Crippen molar-refractivity contribution in [3.63, 3.8) is 0 Å². The molecule has 2 heterocycles. The first-order chi connectivity index (χ1) is 17.6. The van der Waals surface area contributed by atoms with E-state index in [1.54, 1.807) is 18.2 Å². The van der Waals surface area contributed by atoms with E-state index in [0.717, 1.165) is 24.7 Å². The van der Waals surface area contributed by atoms with E-state index in [9.17, 15) is 21.6 Å². The van der Waals surface area contributed by atoms with E-state index < -0.39 is 25.8 Å². The van der Waals surface area contributed by atoms with Crippen molar-refractivity contribution in [2.75, 3.05) is 22.4 Å². The van der Waals surface area contributed by atoms with Crippen LogP contribution in [0.4, 0.5) is 11.7 Å².